The fraction of sp³-hybridized carbons (Fsp3) is 0.586. The minimum absolute atomic E-state index is 0.109. The van der Waals surface area contributed by atoms with Crippen molar-refractivity contribution < 1.29 is 19.4 Å². The van der Waals surface area contributed by atoms with Crippen LogP contribution in [0.25, 0.3) is 0 Å². The number of aromatic nitrogens is 1. The van der Waals surface area contributed by atoms with E-state index in [-0.39, 0.29) is 11.5 Å². The lowest BCUT2D eigenvalue weighted by Gasteiger charge is -2.43. The molecule has 1 aromatic carbocycles. The zero-order valence-corrected chi connectivity index (χ0v) is 21.4. The van der Waals surface area contributed by atoms with Gasteiger partial charge in [-0.3, -0.25) is 9.69 Å². The summed E-state index contributed by atoms with van der Waals surface area (Å²) in [6, 6.07) is 11.7. The smallest absolute Gasteiger partial charge is 0.325 e. The molecular formula is C29H39N3O4. The van der Waals surface area contributed by atoms with Crippen molar-refractivity contribution in [3.05, 3.63) is 58.8 Å². The maximum atomic E-state index is 12.3. The largest absolute Gasteiger partial charge is 0.480 e. The van der Waals surface area contributed by atoms with Crippen LogP contribution in [0.5, 0.6) is 0 Å². The number of carbonyl (C=O) groups is 1. The van der Waals surface area contributed by atoms with Gasteiger partial charge in [-0.25, -0.2) is 4.98 Å². The molecule has 1 aromatic heterocycles. The summed E-state index contributed by atoms with van der Waals surface area (Å²) in [6.45, 7) is 6.60. The van der Waals surface area contributed by atoms with Crippen LogP contribution in [0.2, 0.25) is 0 Å². The summed E-state index contributed by atoms with van der Waals surface area (Å²) in [6.07, 6.45) is 7.56. The molecule has 0 bridgehead atoms. The SMILES string of the molecule is CC1(c2ccccc2C(C(=O)O)N2CC(OCCCCCc3ccc4c(n3)NCCC4)C2)CCOC1. The third-order valence-electron chi connectivity index (χ3n) is 7.98. The van der Waals surface area contributed by atoms with Crippen molar-refractivity contribution in [2.24, 2.45) is 0 Å². The summed E-state index contributed by atoms with van der Waals surface area (Å²) >= 11 is 0. The van der Waals surface area contributed by atoms with Gasteiger partial charge in [-0.05, 0) is 61.3 Å². The highest BCUT2D eigenvalue weighted by Crippen LogP contribution is 2.39. The molecule has 2 atom stereocenters. The summed E-state index contributed by atoms with van der Waals surface area (Å²) in [7, 11) is 0. The Morgan fingerprint density at radius 1 is 1.25 bits per heavy atom. The predicted octanol–water partition coefficient (Wildman–Crippen LogP) is 4.36. The zero-order chi connectivity index (χ0) is 25.0. The molecule has 3 aliphatic rings. The quantitative estimate of drug-likeness (QED) is 0.450. The van der Waals surface area contributed by atoms with Crippen LogP contribution in [0.15, 0.2) is 36.4 Å². The highest BCUT2D eigenvalue weighted by atomic mass is 16.5. The van der Waals surface area contributed by atoms with Gasteiger partial charge in [0.1, 0.15) is 11.9 Å². The van der Waals surface area contributed by atoms with E-state index < -0.39 is 12.0 Å². The second kappa shape index (κ2) is 11.3. The number of hydrogen-bond donors (Lipinski definition) is 2. The average molecular weight is 494 g/mol. The van der Waals surface area contributed by atoms with Gasteiger partial charge >= 0.3 is 5.97 Å². The van der Waals surface area contributed by atoms with Crippen LogP contribution in [-0.2, 0) is 32.5 Å². The van der Waals surface area contributed by atoms with Crippen molar-refractivity contribution in [2.45, 2.75) is 69.4 Å². The first-order valence-electron chi connectivity index (χ1n) is 13.5. The van der Waals surface area contributed by atoms with E-state index >= 15 is 0 Å². The number of fused-ring (bicyclic) bond motifs is 1. The molecule has 0 spiro atoms. The second-order valence-corrected chi connectivity index (χ2v) is 10.8. The Labute approximate surface area is 214 Å². The summed E-state index contributed by atoms with van der Waals surface area (Å²) in [4.78, 5) is 19.1. The third-order valence-corrected chi connectivity index (χ3v) is 7.98. The number of pyridine rings is 1. The van der Waals surface area contributed by atoms with E-state index in [0.717, 1.165) is 80.9 Å². The Morgan fingerprint density at radius 2 is 2.11 bits per heavy atom. The lowest BCUT2D eigenvalue weighted by Crippen LogP contribution is -2.55. The number of benzene rings is 1. The van der Waals surface area contributed by atoms with E-state index in [1.165, 1.54) is 12.0 Å². The van der Waals surface area contributed by atoms with E-state index in [4.69, 9.17) is 14.5 Å². The van der Waals surface area contributed by atoms with Gasteiger partial charge in [-0.15, -0.1) is 0 Å². The van der Waals surface area contributed by atoms with Gasteiger partial charge in [0.2, 0.25) is 0 Å². The van der Waals surface area contributed by atoms with Crippen molar-refractivity contribution in [2.75, 3.05) is 44.8 Å². The van der Waals surface area contributed by atoms with Gasteiger partial charge in [0, 0.05) is 44.0 Å². The lowest BCUT2D eigenvalue weighted by atomic mass is 9.77. The first-order valence-corrected chi connectivity index (χ1v) is 13.5. The lowest BCUT2D eigenvalue weighted by molar-refractivity contribution is -0.151. The van der Waals surface area contributed by atoms with Crippen LogP contribution < -0.4 is 5.32 Å². The zero-order valence-electron chi connectivity index (χ0n) is 21.4. The van der Waals surface area contributed by atoms with E-state index in [1.54, 1.807) is 0 Å². The topological polar surface area (TPSA) is 83.9 Å². The number of unbranched alkanes of at least 4 members (excludes halogenated alkanes) is 2. The van der Waals surface area contributed by atoms with E-state index in [0.29, 0.717) is 19.7 Å². The molecule has 5 rings (SSSR count). The number of carboxylic acid groups (broad SMARTS) is 1. The molecule has 2 N–H and O–H groups in total. The van der Waals surface area contributed by atoms with Crippen molar-refractivity contribution >= 4 is 11.8 Å². The molecular weight excluding hydrogens is 454 g/mol. The third kappa shape index (κ3) is 5.58. The molecule has 3 aliphatic heterocycles. The number of anilines is 1. The van der Waals surface area contributed by atoms with Gasteiger partial charge < -0.3 is 19.9 Å². The van der Waals surface area contributed by atoms with Crippen LogP contribution in [0.1, 0.15) is 67.5 Å². The first-order chi connectivity index (χ1) is 17.5. The highest BCUT2D eigenvalue weighted by molar-refractivity contribution is 5.76. The molecule has 2 fully saturated rings. The van der Waals surface area contributed by atoms with Gasteiger partial charge in [-0.1, -0.05) is 43.7 Å². The number of aliphatic carboxylic acids is 1. The van der Waals surface area contributed by atoms with Crippen LogP contribution in [0, 0.1) is 0 Å². The summed E-state index contributed by atoms with van der Waals surface area (Å²) in [5.74, 6) is 0.277. The number of aryl methyl sites for hydroxylation is 2. The normalized spacial score (nSPS) is 23.0. The molecule has 2 unspecified atom stereocenters. The van der Waals surface area contributed by atoms with Crippen LogP contribution in [0.4, 0.5) is 5.82 Å². The van der Waals surface area contributed by atoms with Gasteiger partial charge in [0.15, 0.2) is 0 Å². The van der Waals surface area contributed by atoms with Crippen molar-refractivity contribution in [3.8, 4) is 0 Å². The molecule has 2 aromatic rings. The molecule has 4 heterocycles. The predicted molar refractivity (Wildman–Crippen MR) is 140 cm³/mol. The van der Waals surface area contributed by atoms with Gasteiger partial charge in [0.25, 0.3) is 0 Å². The number of hydrogen-bond acceptors (Lipinski definition) is 6. The van der Waals surface area contributed by atoms with E-state index in [1.807, 2.05) is 23.1 Å². The number of carboxylic acids is 1. The monoisotopic (exact) mass is 493 g/mol. The highest BCUT2D eigenvalue weighted by Gasteiger charge is 2.41. The molecule has 36 heavy (non-hydrogen) atoms. The number of nitrogens with zero attached hydrogens (tertiary/aromatic N) is 2. The number of likely N-dealkylation sites (tertiary alicyclic amines) is 1. The molecule has 2 saturated heterocycles. The first kappa shape index (κ1) is 25.2. The molecule has 0 aliphatic carbocycles. The Kier molecular flexibility index (Phi) is 7.89. The molecule has 194 valence electrons. The Hall–Kier alpha value is -2.48. The molecule has 7 nitrogen and oxygen atoms in total. The van der Waals surface area contributed by atoms with Crippen LogP contribution in [0.3, 0.4) is 0 Å². The van der Waals surface area contributed by atoms with E-state index in [9.17, 15) is 9.90 Å². The minimum atomic E-state index is -0.797. The summed E-state index contributed by atoms with van der Waals surface area (Å²) < 4.78 is 11.7. The Bertz CT molecular complexity index is 1050. The maximum absolute atomic E-state index is 12.3. The summed E-state index contributed by atoms with van der Waals surface area (Å²) in [5, 5.41) is 13.5. The summed E-state index contributed by atoms with van der Waals surface area (Å²) in [5.41, 5.74) is 4.36. The second-order valence-electron chi connectivity index (χ2n) is 10.8. The molecule has 0 radical (unpaired) electrons. The molecule has 7 heteroatoms. The fourth-order valence-electron chi connectivity index (χ4n) is 5.78. The number of rotatable bonds is 11. The molecule has 0 saturated carbocycles. The standard InChI is InChI=1S/C29H39N3O4/c1-29(14-17-35-20-29)25-11-5-4-10-24(25)26(28(33)34)32-18-23(19-32)36-16-6-2-3-9-22-13-12-21-8-7-15-30-27(21)31-22/h4-5,10-13,23,26H,2-3,6-9,14-20H2,1H3,(H,30,31)(H,33,34). The fourth-order valence-corrected chi connectivity index (χ4v) is 5.78. The Balaban J connectivity index is 1.05. The Morgan fingerprint density at radius 3 is 2.92 bits per heavy atom. The van der Waals surface area contributed by atoms with Crippen molar-refractivity contribution in [1.29, 1.82) is 0 Å². The number of nitrogens with one attached hydrogen (secondary N) is 1. The minimum Gasteiger partial charge on any atom is -0.480 e. The van der Waals surface area contributed by atoms with E-state index in [2.05, 4.69) is 30.4 Å². The van der Waals surface area contributed by atoms with Crippen molar-refractivity contribution in [1.82, 2.24) is 9.88 Å². The van der Waals surface area contributed by atoms with Crippen molar-refractivity contribution in [3.63, 3.8) is 0 Å². The van der Waals surface area contributed by atoms with Crippen LogP contribution in [-0.4, -0.2) is 66.5 Å². The van der Waals surface area contributed by atoms with Gasteiger partial charge in [0.05, 0.1) is 12.7 Å². The maximum Gasteiger partial charge on any atom is 0.325 e. The average Bonchev–Trinajstić information content (AvgIpc) is 3.31. The van der Waals surface area contributed by atoms with Gasteiger partial charge in [-0.2, -0.15) is 0 Å². The van der Waals surface area contributed by atoms with Crippen LogP contribution >= 0.6 is 0 Å². The molecule has 0 amide bonds. The number of ether oxygens (including phenoxy) is 2.